The summed E-state index contributed by atoms with van der Waals surface area (Å²) < 4.78 is 0. The predicted molar refractivity (Wildman–Crippen MR) is 74.7 cm³/mol. The van der Waals surface area contributed by atoms with Gasteiger partial charge in [-0.15, -0.1) is 12.4 Å². The minimum absolute atomic E-state index is 0. The van der Waals surface area contributed by atoms with Crippen LogP contribution in [-0.4, -0.2) is 12.5 Å². The summed E-state index contributed by atoms with van der Waals surface area (Å²) in [7, 11) is 0. The second-order valence-electron chi connectivity index (χ2n) is 4.22. The van der Waals surface area contributed by atoms with Crippen LogP contribution in [0.4, 0.5) is 5.69 Å². The van der Waals surface area contributed by atoms with Crippen LogP contribution < -0.4 is 11.1 Å². The van der Waals surface area contributed by atoms with Crippen molar-refractivity contribution in [2.45, 2.75) is 32.6 Å². The van der Waals surface area contributed by atoms with Crippen molar-refractivity contribution in [2.24, 2.45) is 5.73 Å². The van der Waals surface area contributed by atoms with Gasteiger partial charge in [-0.25, -0.2) is 0 Å². The fourth-order valence-electron chi connectivity index (χ4n) is 1.46. The average molecular weight is 257 g/mol. The van der Waals surface area contributed by atoms with E-state index in [1.807, 2.05) is 18.2 Å². The van der Waals surface area contributed by atoms with Gasteiger partial charge in [-0.3, -0.25) is 4.79 Å². The van der Waals surface area contributed by atoms with Gasteiger partial charge < -0.3 is 11.1 Å². The van der Waals surface area contributed by atoms with Crippen molar-refractivity contribution in [3.8, 4) is 0 Å². The molecule has 0 heterocycles. The number of benzene rings is 1. The summed E-state index contributed by atoms with van der Waals surface area (Å²) in [4.78, 5) is 11.5. The van der Waals surface area contributed by atoms with E-state index in [4.69, 9.17) is 5.73 Å². The largest absolute Gasteiger partial charge is 0.330 e. The van der Waals surface area contributed by atoms with Gasteiger partial charge in [0, 0.05) is 12.1 Å². The first-order valence-electron chi connectivity index (χ1n) is 5.73. The number of hydrogen-bond donors (Lipinski definition) is 2. The molecule has 0 aliphatic carbocycles. The van der Waals surface area contributed by atoms with E-state index in [1.54, 1.807) is 0 Å². The fourth-order valence-corrected chi connectivity index (χ4v) is 1.46. The molecule has 1 amide bonds. The molecule has 0 atom stereocenters. The number of carbonyl (C=O) groups is 1. The van der Waals surface area contributed by atoms with Gasteiger partial charge in [-0.1, -0.05) is 26.0 Å². The Labute approximate surface area is 109 Å². The van der Waals surface area contributed by atoms with Crippen molar-refractivity contribution in [1.29, 1.82) is 0 Å². The lowest BCUT2D eigenvalue weighted by atomic mass is 10.0. The lowest BCUT2D eigenvalue weighted by Gasteiger charge is -2.09. The third-order valence-corrected chi connectivity index (χ3v) is 2.45. The van der Waals surface area contributed by atoms with E-state index in [1.165, 1.54) is 5.56 Å². The van der Waals surface area contributed by atoms with E-state index in [9.17, 15) is 4.79 Å². The summed E-state index contributed by atoms with van der Waals surface area (Å²) in [6.07, 6.45) is 1.22. The molecular formula is C13H21ClN2O. The van der Waals surface area contributed by atoms with E-state index < -0.39 is 0 Å². The Kier molecular flexibility index (Phi) is 7.59. The zero-order valence-electron chi connectivity index (χ0n) is 10.4. The molecule has 0 aliphatic rings. The Morgan fingerprint density at radius 2 is 2.12 bits per heavy atom. The number of amides is 1. The number of carbonyl (C=O) groups excluding carboxylic acids is 1. The first kappa shape index (κ1) is 15.9. The highest BCUT2D eigenvalue weighted by Crippen LogP contribution is 2.18. The quantitative estimate of drug-likeness (QED) is 0.851. The van der Waals surface area contributed by atoms with Crippen LogP contribution in [0.2, 0.25) is 0 Å². The minimum atomic E-state index is 0. The second kappa shape index (κ2) is 8.09. The summed E-state index contributed by atoms with van der Waals surface area (Å²) >= 11 is 0. The van der Waals surface area contributed by atoms with Crippen LogP contribution in [0.1, 0.15) is 38.2 Å². The van der Waals surface area contributed by atoms with Gasteiger partial charge >= 0.3 is 0 Å². The molecule has 0 saturated heterocycles. The van der Waals surface area contributed by atoms with Crippen LogP contribution in [-0.2, 0) is 4.79 Å². The van der Waals surface area contributed by atoms with Gasteiger partial charge in [-0.2, -0.15) is 0 Å². The Hall–Kier alpha value is -1.06. The van der Waals surface area contributed by atoms with Gasteiger partial charge in [-0.05, 0) is 36.6 Å². The molecule has 1 aromatic rings. The standard InChI is InChI=1S/C13H20N2O.ClH/c1-10(2)11-5-3-6-12(9-11)15-13(16)7-4-8-14;/h3,5-6,9-10H,4,7-8,14H2,1-2H3,(H,15,16);1H. The van der Waals surface area contributed by atoms with Crippen LogP contribution in [0.5, 0.6) is 0 Å². The number of nitrogens with one attached hydrogen (secondary N) is 1. The Morgan fingerprint density at radius 3 is 2.71 bits per heavy atom. The molecule has 96 valence electrons. The highest BCUT2D eigenvalue weighted by Gasteiger charge is 2.03. The Morgan fingerprint density at radius 1 is 1.41 bits per heavy atom. The third-order valence-electron chi connectivity index (χ3n) is 2.45. The molecular weight excluding hydrogens is 236 g/mol. The van der Waals surface area contributed by atoms with Crippen LogP contribution in [0.3, 0.4) is 0 Å². The van der Waals surface area contributed by atoms with E-state index in [-0.39, 0.29) is 18.3 Å². The molecule has 0 fully saturated rings. The number of nitrogens with two attached hydrogens (primary N) is 1. The van der Waals surface area contributed by atoms with Gasteiger partial charge in [0.1, 0.15) is 0 Å². The Balaban J connectivity index is 0.00000256. The van der Waals surface area contributed by atoms with Crippen LogP contribution in [0.15, 0.2) is 24.3 Å². The monoisotopic (exact) mass is 256 g/mol. The minimum Gasteiger partial charge on any atom is -0.330 e. The molecule has 1 rings (SSSR count). The molecule has 0 saturated carbocycles. The summed E-state index contributed by atoms with van der Waals surface area (Å²) in [5.74, 6) is 0.507. The first-order valence-corrected chi connectivity index (χ1v) is 5.73. The highest BCUT2D eigenvalue weighted by atomic mass is 35.5. The maximum atomic E-state index is 11.5. The molecule has 0 spiro atoms. The SMILES string of the molecule is CC(C)c1cccc(NC(=O)CCCN)c1.Cl. The number of halogens is 1. The normalized spacial score (nSPS) is 9.88. The maximum Gasteiger partial charge on any atom is 0.224 e. The van der Waals surface area contributed by atoms with Crippen molar-refractivity contribution in [1.82, 2.24) is 0 Å². The van der Waals surface area contributed by atoms with E-state index in [2.05, 4.69) is 25.2 Å². The topological polar surface area (TPSA) is 55.1 Å². The summed E-state index contributed by atoms with van der Waals surface area (Å²) in [6, 6.07) is 7.96. The zero-order chi connectivity index (χ0) is 12.0. The molecule has 0 bridgehead atoms. The lowest BCUT2D eigenvalue weighted by molar-refractivity contribution is -0.116. The average Bonchev–Trinajstić information content (AvgIpc) is 2.26. The van der Waals surface area contributed by atoms with Gasteiger partial charge in [0.15, 0.2) is 0 Å². The lowest BCUT2D eigenvalue weighted by Crippen LogP contribution is -2.13. The molecule has 3 N–H and O–H groups in total. The van der Waals surface area contributed by atoms with Crippen molar-refractivity contribution >= 4 is 24.0 Å². The van der Waals surface area contributed by atoms with Gasteiger partial charge in [0.25, 0.3) is 0 Å². The molecule has 0 aromatic heterocycles. The Bertz CT molecular complexity index is 353. The molecule has 1 aromatic carbocycles. The summed E-state index contributed by atoms with van der Waals surface area (Å²) in [5, 5.41) is 2.88. The van der Waals surface area contributed by atoms with E-state index in [0.717, 1.165) is 12.1 Å². The highest BCUT2D eigenvalue weighted by molar-refractivity contribution is 5.90. The maximum absolute atomic E-state index is 11.5. The third kappa shape index (κ3) is 5.71. The number of anilines is 1. The smallest absolute Gasteiger partial charge is 0.224 e. The fraction of sp³-hybridized carbons (Fsp3) is 0.462. The number of hydrogen-bond acceptors (Lipinski definition) is 2. The summed E-state index contributed by atoms with van der Waals surface area (Å²) in [6.45, 7) is 4.82. The molecule has 17 heavy (non-hydrogen) atoms. The molecule has 0 radical (unpaired) electrons. The van der Waals surface area contributed by atoms with Crippen molar-refractivity contribution < 1.29 is 4.79 Å². The van der Waals surface area contributed by atoms with E-state index >= 15 is 0 Å². The van der Waals surface area contributed by atoms with Crippen molar-refractivity contribution in [3.05, 3.63) is 29.8 Å². The first-order chi connectivity index (χ1) is 7.63. The van der Waals surface area contributed by atoms with Crippen LogP contribution in [0.25, 0.3) is 0 Å². The predicted octanol–water partition coefficient (Wildman–Crippen LogP) is 2.91. The molecule has 4 heteroatoms. The van der Waals surface area contributed by atoms with Crippen LogP contribution in [0, 0.1) is 0 Å². The van der Waals surface area contributed by atoms with E-state index in [0.29, 0.717) is 18.9 Å². The molecule has 3 nitrogen and oxygen atoms in total. The zero-order valence-corrected chi connectivity index (χ0v) is 11.2. The molecule has 0 unspecified atom stereocenters. The van der Waals surface area contributed by atoms with Gasteiger partial charge in [0.2, 0.25) is 5.91 Å². The van der Waals surface area contributed by atoms with Crippen molar-refractivity contribution in [2.75, 3.05) is 11.9 Å². The van der Waals surface area contributed by atoms with Gasteiger partial charge in [0.05, 0.1) is 0 Å². The number of rotatable bonds is 5. The van der Waals surface area contributed by atoms with Crippen molar-refractivity contribution in [3.63, 3.8) is 0 Å². The summed E-state index contributed by atoms with van der Waals surface area (Å²) in [5.41, 5.74) is 7.46. The van der Waals surface area contributed by atoms with Crippen LogP contribution >= 0.6 is 12.4 Å². The molecule has 0 aliphatic heterocycles. The second-order valence-corrected chi connectivity index (χ2v) is 4.22.